The summed E-state index contributed by atoms with van der Waals surface area (Å²) in [7, 11) is 0. The van der Waals surface area contributed by atoms with E-state index in [1.165, 1.54) is 12.3 Å². The summed E-state index contributed by atoms with van der Waals surface area (Å²) in [5.41, 5.74) is 7.69. The molecule has 0 spiro atoms. The van der Waals surface area contributed by atoms with Gasteiger partial charge in [0.25, 0.3) is 11.8 Å². The Bertz CT molecular complexity index is 1230. The van der Waals surface area contributed by atoms with Gasteiger partial charge in [-0.25, -0.2) is 10.9 Å². The molecule has 4 N–H and O–H groups in total. The van der Waals surface area contributed by atoms with Gasteiger partial charge in [0.15, 0.2) is 0 Å². The summed E-state index contributed by atoms with van der Waals surface area (Å²) < 4.78 is 10.7. The number of ether oxygens (including phenoxy) is 2. The largest absolute Gasteiger partial charge is 0.492 e. The van der Waals surface area contributed by atoms with Crippen molar-refractivity contribution in [2.45, 2.75) is 12.8 Å². The number of benzene rings is 2. The normalized spacial score (nSPS) is 13.4. The van der Waals surface area contributed by atoms with Crippen molar-refractivity contribution in [3.8, 4) is 5.75 Å². The zero-order valence-corrected chi connectivity index (χ0v) is 20.7. The first kappa shape index (κ1) is 28.0. The number of allylic oxidation sites excluding steroid dienone is 3. The second-order valence-corrected chi connectivity index (χ2v) is 7.97. The fraction of sp³-hybridized carbons (Fsp3) is 0.214. The molecule has 10 heteroatoms. The number of carbonyl (C=O) groups is 2. The predicted octanol–water partition coefficient (Wildman–Crippen LogP) is 2.55. The molecular formula is C28H30N4O6. The third kappa shape index (κ3) is 9.84. The van der Waals surface area contributed by atoms with Crippen LogP contribution in [0.3, 0.4) is 0 Å². The summed E-state index contributed by atoms with van der Waals surface area (Å²) in [4.78, 5) is 24.4. The summed E-state index contributed by atoms with van der Waals surface area (Å²) in [6.45, 7) is 0.293. The smallest absolute Gasteiger partial charge is 0.271 e. The average Bonchev–Trinajstić information content (AvgIpc) is 2.94. The lowest BCUT2D eigenvalue weighted by Gasteiger charge is -2.11. The number of hydrogen-bond acceptors (Lipinski definition) is 8. The van der Waals surface area contributed by atoms with E-state index < -0.39 is 5.91 Å². The van der Waals surface area contributed by atoms with Crippen molar-refractivity contribution in [3.05, 3.63) is 94.8 Å². The van der Waals surface area contributed by atoms with E-state index in [9.17, 15) is 9.59 Å². The summed E-state index contributed by atoms with van der Waals surface area (Å²) in [5.74, 6) is 0.494. The number of hydrogen-bond donors (Lipinski definition) is 4. The molecular weight excluding hydrogens is 488 g/mol. The minimum absolute atomic E-state index is 0.0549. The molecule has 0 bridgehead atoms. The van der Waals surface area contributed by atoms with E-state index in [1.54, 1.807) is 60.8 Å². The molecule has 2 amide bonds. The summed E-state index contributed by atoms with van der Waals surface area (Å²) in [5, 5.41) is 25.6. The highest BCUT2D eigenvalue weighted by Crippen LogP contribution is 2.16. The Kier molecular flexibility index (Phi) is 11.5. The molecule has 1 aliphatic rings. The number of carbonyl (C=O) groups excluding carboxylic acids is 2. The molecule has 0 heterocycles. The van der Waals surface area contributed by atoms with E-state index in [2.05, 4.69) is 21.1 Å². The maximum atomic E-state index is 12.4. The van der Waals surface area contributed by atoms with Crippen LogP contribution in [0.1, 0.15) is 34.3 Å². The van der Waals surface area contributed by atoms with Gasteiger partial charge < -0.3 is 19.7 Å². The molecule has 2 aromatic carbocycles. The first-order valence-corrected chi connectivity index (χ1v) is 12.0. The fourth-order valence-corrected chi connectivity index (χ4v) is 3.27. The van der Waals surface area contributed by atoms with Crippen LogP contribution < -0.4 is 15.6 Å². The van der Waals surface area contributed by atoms with E-state index in [-0.39, 0.29) is 32.3 Å². The Labute approximate surface area is 220 Å². The minimum Gasteiger partial charge on any atom is -0.492 e. The molecule has 0 unspecified atom stereocenters. The van der Waals surface area contributed by atoms with Crippen LogP contribution in [0, 0.1) is 0 Å². The van der Waals surface area contributed by atoms with Gasteiger partial charge in [0.1, 0.15) is 24.7 Å². The molecule has 0 fully saturated rings. The molecule has 0 aliphatic heterocycles. The average molecular weight is 519 g/mol. The lowest BCUT2D eigenvalue weighted by Crippen LogP contribution is -2.17. The third-order valence-electron chi connectivity index (χ3n) is 5.07. The number of nitrogens with one attached hydrogen (secondary N) is 2. The second-order valence-electron chi connectivity index (χ2n) is 7.97. The van der Waals surface area contributed by atoms with E-state index in [1.807, 2.05) is 12.2 Å². The Morgan fingerprint density at radius 1 is 0.921 bits per heavy atom. The lowest BCUT2D eigenvalue weighted by molar-refractivity contribution is -0.116. The number of aliphatic hydroxyl groups excluding tert-OH is 2. The van der Waals surface area contributed by atoms with Gasteiger partial charge in [0.2, 0.25) is 0 Å². The standard InChI is InChI=1S/C28H30N4O6/c33-13-15-37-25-5-1-3-22(17-25)19-29-31-27(35)12-9-21-7-10-24(11-8-21)28(36)32-30-20-23-4-2-6-26(18-23)38-16-14-34/h1,3,5-12,17-20,33-34H,2,4,13-16H2,(H,31,35)(H,32,36)/b12-9+,29-19+,30-20+. The number of rotatable bonds is 13. The monoisotopic (exact) mass is 518 g/mol. The van der Waals surface area contributed by atoms with Crippen LogP contribution >= 0.6 is 0 Å². The van der Waals surface area contributed by atoms with Crippen molar-refractivity contribution in [1.82, 2.24) is 10.9 Å². The number of nitrogens with zero attached hydrogens (tertiary/aromatic N) is 2. The topological polar surface area (TPSA) is 142 Å². The number of amides is 2. The molecule has 0 saturated heterocycles. The molecule has 0 saturated carbocycles. The van der Waals surface area contributed by atoms with Crippen molar-refractivity contribution < 1.29 is 29.3 Å². The zero-order chi connectivity index (χ0) is 27.0. The van der Waals surface area contributed by atoms with Gasteiger partial charge in [-0.15, -0.1) is 0 Å². The van der Waals surface area contributed by atoms with Crippen molar-refractivity contribution in [3.63, 3.8) is 0 Å². The van der Waals surface area contributed by atoms with Crippen molar-refractivity contribution in [1.29, 1.82) is 0 Å². The predicted molar refractivity (Wildman–Crippen MR) is 145 cm³/mol. The van der Waals surface area contributed by atoms with Gasteiger partial charge >= 0.3 is 0 Å². The maximum absolute atomic E-state index is 12.4. The van der Waals surface area contributed by atoms with Crippen molar-refractivity contribution in [2.24, 2.45) is 10.2 Å². The maximum Gasteiger partial charge on any atom is 0.271 e. The van der Waals surface area contributed by atoms with Gasteiger partial charge in [0, 0.05) is 11.6 Å². The van der Waals surface area contributed by atoms with Gasteiger partial charge in [-0.05, 0) is 72.0 Å². The van der Waals surface area contributed by atoms with Gasteiger partial charge in [-0.2, -0.15) is 10.2 Å². The molecule has 38 heavy (non-hydrogen) atoms. The second kappa shape index (κ2) is 15.5. The summed E-state index contributed by atoms with van der Waals surface area (Å²) >= 11 is 0. The van der Waals surface area contributed by atoms with Crippen LogP contribution in [0.5, 0.6) is 5.75 Å². The van der Waals surface area contributed by atoms with Gasteiger partial charge in [0.05, 0.1) is 25.6 Å². The summed E-state index contributed by atoms with van der Waals surface area (Å²) in [6.07, 6.45) is 11.3. The lowest BCUT2D eigenvalue weighted by atomic mass is 10.1. The zero-order valence-electron chi connectivity index (χ0n) is 20.7. The Morgan fingerprint density at radius 2 is 1.68 bits per heavy atom. The van der Waals surface area contributed by atoms with Crippen molar-refractivity contribution >= 4 is 30.3 Å². The van der Waals surface area contributed by atoms with Crippen LogP contribution in [-0.4, -0.2) is 60.9 Å². The highest BCUT2D eigenvalue weighted by atomic mass is 16.5. The molecule has 10 nitrogen and oxygen atoms in total. The molecule has 3 rings (SSSR count). The Hall–Kier alpha value is -4.54. The molecule has 198 valence electrons. The van der Waals surface area contributed by atoms with E-state index in [4.69, 9.17) is 19.7 Å². The minimum atomic E-state index is -0.415. The van der Waals surface area contributed by atoms with Gasteiger partial charge in [-0.1, -0.05) is 24.3 Å². The molecule has 0 radical (unpaired) electrons. The van der Waals surface area contributed by atoms with Gasteiger partial charge in [-0.3, -0.25) is 9.59 Å². The van der Waals surface area contributed by atoms with Crippen LogP contribution in [0.4, 0.5) is 0 Å². The summed E-state index contributed by atoms with van der Waals surface area (Å²) in [6, 6.07) is 13.8. The van der Waals surface area contributed by atoms with Crippen LogP contribution in [0.2, 0.25) is 0 Å². The Balaban J connectivity index is 1.45. The fourth-order valence-electron chi connectivity index (χ4n) is 3.27. The first-order chi connectivity index (χ1) is 18.6. The van der Waals surface area contributed by atoms with E-state index in [0.29, 0.717) is 17.1 Å². The molecule has 0 atom stereocenters. The van der Waals surface area contributed by atoms with E-state index >= 15 is 0 Å². The molecule has 1 aliphatic carbocycles. The molecule has 0 aromatic heterocycles. The van der Waals surface area contributed by atoms with Crippen LogP contribution in [0.25, 0.3) is 6.08 Å². The first-order valence-electron chi connectivity index (χ1n) is 12.0. The Morgan fingerprint density at radius 3 is 2.47 bits per heavy atom. The highest BCUT2D eigenvalue weighted by Gasteiger charge is 2.06. The molecule has 2 aromatic rings. The van der Waals surface area contributed by atoms with Crippen molar-refractivity contribution in [2.75, 3.05) is 26.4 Å². The van der Waals surface area contributed by atoms with E-state index in [0.717, 1.165) is 29.5 Å². The number of aliphatic hydroxyl groups is 2. The van der Waals surface area contributed by atoms with Crippen LogP contribution in [0.15, 0.2) is 88.3 Å². The third-order valence-corrected chi connectivity index (χ3v) is 5.07. The number of hydrazone groups is 2. The van der Waals surface area contributed by atoms with Crippen LogP contribution in [-0.2, 0) is 9.53 Å². The highest BCUT2D eigenvalue weighted by molar-refractivity contribution is 5.95. The quantitative estimate of drug-likeness (QED) is 0.182. The SMILES string of the molecule is O=C(/C=C/c1ccc(C(=O)N/N=C/C2=CC(OCCO)=CCC2)cc1)N/N=C/c1cccc(OCCO)c1.